The van der Waals surface area contributed by atoms with Gasteiger partial charge in [-0.1, -0.05) is 26.0 Å². The molecule has 1 aromatic carbocycles. The summed E-state index contributed by atoms with van der Waals surface area (Å²) in [5, 5.41) is 3.08. The number of anilines is 1. The van der Waals surface area contributed by atoms with E-state index in [1.54, 1.807) is 0 Å². The van der Waals surface area contributed by atoms with E-state index in [2.05, 4.69) is 37.4 Å². The summed E-state index contributed by atoms with van der Waals surface area (Å²) < 4.78 is 0. The highest BCUT2D eigenvalue weighted by atomic mass is 16.2. The molecule has 0 aliphatic carbocycles. The molecule has 3 N–H and O–H groups in total. The zero-order valence-corrected chi connectivity index (χ0v) is 12.0. The van der Waals surface area contributed by atoms with Gasteiger partial charge < -0.3 is 16.0 Å². The summed E-state index contributed by atoms with van der Waals surface area (Å²) in [6.07, 6.45) is 0.507. The molecule has 0 unspecified atom stereocenters. The van der Waals surface area contributed by atoms with E-state index < -0.39 is 0 Å². The Balaban J connectivity index is 2.29. The van der Waals surface area contributed by atoms with Crippen LogP contribution < -0.4 is 16.0 Å². The normalized spacial score (nSPS) is 14.9. The first-order valence-corrected chi connectivity index (χ1v) is 6.78. The first-order valence-electron chi connectivity index (χ1n) is 6.78. The van der Waals surface area contributed by atoms with E-state index in [0.717, 1.165) is 24.3 Å². The molecule has 1 aromatic rings. The summed E-state index contributed by atoms with van der Waals surface area (Å²) in [6.45, 7) is 6.39. The monoisotopic (exact) mass is 261 g/mol. The van der Waals surface area contributed by atoms with Crippen molar-refractivity contribution in [3.8, 4) is 0 Å². The minimum atomic E-state index is -0.0452. The van der Waals surface area contributed by atoms with Crippen molar-refractivity contribution < 1.29 is 4.79 Å². The molecular formula is C15H23N3O. The molecule has 0 fully saturated rings. The maximum absolute atomic E-state index is 12.0. The van der Waals surface area contributed by atoms with Crippen molar-refractivity contribution in [2.45, 2.75) is 25.7 Å². The molecule has 1 aliphatic rings. The van der Waals surface area contributed by atoms with Crippen LogP contribution in [0.4, 0.5) is 5.69 Å². The maximum Gasteiger partial charge on any atom is 0.231 e. The van der Waals surface area contributed by atoms with Crippen LogP contribution in [0.2, 0.25) is 0 Å². The van der Waals surface area contributed by atoms with E-state index in [-0.39, 0.29) is 11.3 Å². The number of likely N-dealkylation sites (N-methyl/N-ethyl adjacent to an activating group) is 1. The highest BCUT2D eigenvalue weighted by Gasteiger charge is 2.28. The second kappa shape index (κ2) is 5.31. The molecule has 0 bridgehead atoms. The van der Waals surface area contributed by atoms with Gasteiger partial charge in [0, 0.05) is 30.7 Å². The van der Waals surface area contributed by atoms with Gasteiger partial charge in [0.1, 0.15) is 0 Å². The lowest BCUT2D eigenvalue weighted by Crippen LogP contribution is -2.33. The number of nitrogens with zero attached hydrogens (tertiary/aromatic N) is 1. The van der Waals surface area contributed by atoms with E-state index >= 15 is 0 Å². The average molecular weight is 261 g/mol. The van der Waals surface area contributed by atoms with Crippen LogP contribution in [-0.4, -0.2) is 32.6 Å². The third kappa shape index (κ3) is 2.65. The van der Waals surface area contributed by atoms with Crippen molar-refractivity contribution in [3.05, 3.63) is 29.3 Å². The number of rotatable bonds is 5. The summed E-state index contributed by atoms with van der Waals surface area (Å²) in [5.41, 5.74) is 9.16. The fraction of sp³-hybridized carbons (Fsp3) is 0.533. The topological polar surface area (TPSA) is 58.4 Å². The number of hydrogen-bond donors (Lipinski definition) is 2. The van der Waals surface area contributed by atoms with Crippen molar-refractivity contribution in [2.75, 3.05) is 31.6 Å². The predicted octanol–water partition coefficient (Wildman–Crippen LogP) is 1.03. The van der Waals surface area contributed by atoms with Gasteiger partial charge in [0.05, 0.1) is 6.42 Å². The average Bonchev–Trinajstić information content (AvgIpc) is 2.71. The minimum Gasteiger partial charge on any atom is -0.330 e. The van der Waals surface area contributed by atoms with Crippen LogP contribution in [0.1, 0.15) is 25.0 Å². The number of carbonyl (C=O) groups is 1. The Labute approximate surface area is 115 Å². The number of benzene rings is 1. The molecule has 0 saturated heterocycles. The summed E-state index contributed by atoms with van der Waals surface area (Å²) >= 11 is 0. The van der Waals surface area contributed by atoms with Gasteiger partial charge in [0.2, 0.25) is 5.91 Å². The van der Waals surface area contributed by atoms with Gasteiger partial charge >= 0.3 is 0 Å². The largest absolute Gasteiger partial charge is 0.330 e. The van der Waals surface area contributed by atoms with E-state index in [9.17, 15) is 4.79 Å². The molecule has 2 rings (SSSR count). The van der Waals surface area contributed by atoms with Gasteiger partial charge in [0.15, 0.2) is 0 Å². The Morgan fingerprint density at radius 3 is 2.79 bits per heavy atom. The van der Waals surface area contributed by atoms with Crippen molar-refractivity contribution in [2.24, 2.45) is 5.73 Å². The molecule has 0 radical (unpaired) electrons. The summed E-state index contributed by atoms with van der Waals surface area (Å²) in [6, 6.07) is 6.29. The third-order valence-electron chi connectivity index (χ3n) is 3.89. The molecule has 4 nitrogen and oxygen atoms in total. The first kappa shape index (κ1) is 14.0. The van der Waals surface area contributed by atoms with Crippen molar-refractivity contribution in [1.82, 2.24) is 5.32 Å². The predicted molar refractivity (Wildman–Crippen MR) is 78.5 cm³/mol. The number of amides is 1. The van der Waals surface area contributed by atoms with Crippen molar-refractivity contribution in [1.29, 1.82) is 0 Å². The summed E-state index contributed by atoms with van der Waals surface area (Å²) in [5.74, 6) is 0.188. The van der Waals surface area contributed by atoms with E-state index in [0.29, 0.717) is 13.0 Å². The van der Waals surface area contributed by atoms with Crippen LogP contribution in [-0.2, 0) is 16.6 Å². The molecular weight excluding hydrogens is 238 g/mol. The van der Waals surface area contributed by atoms with Crippen molar-refractivity contribution in [3.63, 3.8) is 0 Å². The molecule has 19 heavy (non-hydrogen) atoms. The SMILES string of the molecule is CNCCN1C(=O)Cc2cc(C(C)(C)CN)ccc21. The molecule has 4 heteroatoms. The van der Waals surface area contributed by atoms with Crippen LogP contribution in [0.25, 0.3) is 0 Å². The van der Waals surface area contributed by atoms with Crippen LogP contribution >= 0.6 is 0 Å². The number of carbonyl (C=O) groups excluding carboxylic acids is 1. The highest BCUT2D eigenvalue weighted by molar-refractivity contribution is 6.01. The third-order valence-corrected chi connectivity index (χ3v) is 3.89. The summed E-state index contributed by atoms with van der Waals surface area (Å²) in [7, 11) is 1.90. The highest BCUT2D eigenvalue weighted by Crippen LogP contribution is 2.33. The van der Waals surface area contributed by atoms with Crippen LogP contribution in [0.5, 0.6) is 0 Å². The van der Waals surface area contributed by atoms with Gasteiger partial charge in [-0.25, -0.2) is 0 Å². The quantitative estimate of drug-likeness (QED) is 0.832. The van der Waals surface area contributed by atoms with Crippen LogP contribution in [0, 0.1) is 0 Å². The molecule has 1 amide bonds. The van der Waals surface area contributed by atoms with Gasteiger partial charge in [-0.15, -0.1) is 0 Å². The van der Waals surface area contributed by atoms with E-state index in [1.807, 2.05) is 11.9 Å². The first-order chi connectivity index (χ1) is 8.99. The van der Waals surface area contributed by atoms with Gasteiger partial charge in [0.25, 0.3) is 0 Å². The number of hydrogen-bond acceptors (Lipinski definition) is 3. The minimum absolute atomic E-state index is 0.0452. The molecule has 0 atom stereocenters. The lowest BCUT2D eigenvalue weighted by atomic mass is 9.84. The molecule has 104 valence electrons. The molecule has 1 heterocycles. The fourth-order valence-electron chi connectivity index (χ4n) is 2.39. The standard InChI is InChI=1S/C15H23N3O/c1-15(2,10-16)12-4-5-13-11(8-12)9-14(19)18(13)7-6-17-3/h4-5,8,17H,6-7,9-10,16H2,1-3H3. The van der Waals surface area contributed by atoms with Gasteiger partial charge in [-0.3, -0.25) is 4.79 Å². The zero-order chi connectivity index (χ0) is 14.0. The number of nitrogens with two attached hydrogens (primary N) is 1. The molecule has 0 saturated carbocycles. The second-order valence-electron chi connectivity index (χ2n) is 5.76. The molecule has 1 aliphatic heterocycles. The Hall–Kier alpha value is -1.39. The van der Waals surface area contributed by atoms with Crippen LogP contribution in [0.15, 0.2) is 18.2 Å². The lowest BCUT2D eigenvalue weighted by molar-refractivity contribution is -0.117. The smallest absolute Gasteiger partial charge is 0.231 e. The fourth-order valence-corrected chi connectivity index (χ4v) is 2.39. The Morgan fingerprint density at radius 2 is 2.16 bits per heavy atom. The maximum atomic E-state index is 12.0. The Kier molecular flexibility index (Phi) is 3.92. The van der Waals surface area contributed by atoms with Gasteiger partial charge in [-0.2, -0.15) is 0 Å². The van der Waals surface area contributed by atoms with E-state index in [1.165, 1.54) is 5.56 Å². The van der Waals surface area contributed by atoms with E-state index in [4.69, 9.17) is 5.73 Å². The molecule has 0 spiro atoms. The van der Waals surface area contributed by atoms with Crippen LogP contribution in [0.3, 0.4) is 0 Å². The Morgan fingerprint density at radius 1 is 1.42 bits per heavy atom. The van der Waals surface area contributed by atoms with Gasteiger partial charge in [-0.05, 0) is 24.2 Å². The number of nitrogens with one attached hydrogen (secondary N) is 1. The van der Waals surface area contributed by atoms with Crippen molar-refractivity contribution >= 4 is 11.6 Å². The summed E-state index contributed by atoms with van der Waals surface area (Å²) in [4.78, 5) is 13.9. The zero-order valence-electron chi connectivity index (χ0n) is 12.0. The number of fused-ring (bicyclic) bond motifs is 1. The lowest BCUT2D eigenvalue weighted by Gasteiger charge is -2.24. The molecule has 0 aromatic heterocycles. The Bertz CT molecular complexity index is 482. The second-order valence-corrected chi connectivity index (χ2v) is 5.76.